The van der Waals surface area contributed by atoms with Crippen LogP contribution in [0.5, 0.6) is 0 Å². The highest BCUT2D eigenvalue weighted by Gasteiger charge is 2.41. The van der Waals surface area contributed by atoms with Gasteiger partial charge in [0.25, 0.3) is 5.91 Å². The highest BCUT2D eigenvalue weighted by molar-refractivity contribution is 7.89. The molecule has 9 heteroatoms. The van der Waals surface area contributed by atoms with E-state index in [0.29, 0.717) is 0 Å². The van der Waals surface area contributed by atoms with Gasteiger partial charge in [0.05, 0.1) is 4.90 Å². The second-order valence-corrected chi connectivity index (χ2v) is 8.80. The molecule has 3 rings (SSSR count). The molecule has 3 N–H and O–H groups in total. The average Bonchev–Trinajstić information content (AvgIpc) is 3.15. The number of rotatable bonds is 6. The Morgan fingerprint density at radius 1 is 1.15 bits per heavy atom. The average molecular weight is 396 g/mol. The van der Waals surface area contributed by atoms with E-state index in [9.17, 15) is 23.1 Å². The van der Waals surface area contributed by atoms with Crippen molar-refractivity contribution in [1.29, 1.82) is 0 Å². The first-order chi connectivity index (χ1) is 12.8. The van der Waals surface area contributed by atoms with Crippen LogP contribution in [0.15, 0.2) is 29.2 Å². The summed E-state index contributed by atoms with van der Waals surface area (Å²) in [5.74, 6) is -1.73. The number of sulfonamides is 1. The predicted octanol–water partition coefficient (Wildman–Crippen LogP) is 1.27. The summed E-state index contributed by atoms with van der Waals surface area (Å²) in [5, 5.41) is 12.1. The van der Waals surface area contributed by atoms with Crippen molar-refractivity contribution >= 4 is 21.9 Å². The van der Waals surface area contributed by atoms with Crippen LogP contribution < -0.4 is 10.0 Å². The van der Waals surface area contributed by atoms with Crippen molar-refractivity contribution in [1.82, 2.24) is 10.0 Å². The predicted molar refractivity (Wildman–Crippen MR) is 96.9 cm³/mol. The maximum atomic E-state index is 12.6. The first-order valence-corrected chi connectivity index (χ1v) is 10.6. The molecule has 1 heterocycles. The standard InChI is InChI=1S/C18H24N2O6S/c21-16(19-18(17(22)23)8-10-26-11-9-18)13-4-3-7-15(12-13)27(24,25)20-14-5-1-2-6-14/h3-4,7,12,14,20H,1-2,5-6,8-11H2,(H,19,21)(H,22,23). The Kier molecular flexibility index (Phi) is 5.83. The van der Waals surface area contributed by atoms with Crippen LogP contribution in [0.2, 0.25) is 0 Å². The quantitative estimate of drug-likeness (QED) is 0.666. The molecule has 0 atom stereocenters. The first-order valence-electron chi connectivity index (χ1n) is 9.08. The number of hydrogen-bond donors (Lipinski definition) is 3. The van der Waals surface area contributed by atoms with Gasteiger partial charge in [0.2, 0.25) is 10.0 Å². The second-order valence-electron chi connectivity index (χ2n) is 7.08. The molecular formula is C18H24N2O6S. The zero-order valence-electron chi connectivity index (χ0n) is 14.9. The number of ether oxygens (including phenoxy) is 1. The molecule has 1 aromatic carbocycles. The number of carbonyl (C=O) groups is 2. The Morgan fingerprint density at radius 2 is 1.81 bits per heavy atom. The third-order valence-corrected chi connectivity index (χ3v) is 6.71. The minimum Gasteiger partial charge on any atom is -0.480 e. The summed E-state index contributed by atoms with van der Waals surface area (Å²) < 4.78 is 33.0. The summed E-state index contributed by atoms with van der Waals surface area (Å²) >= 11 is 0. The highest BCUT2D eigenvalue weighted by Crippen LogP contribution is 2.23. The van der Waals surface area contributed by atoms with Gasteiger partial charge in [-0.2, -0.15) is 0 Å². The molecule has 2 fully saturated rings. The Balaban J connectivity index is 1.78. The van der Waals surface area contributed by atoms with Crippen molar-refractivity contribution in [3.8, 4) is 0 Å². The van der Waals surface area contributed by atoms with E-state index >= 15 is 0 Å². The van der Waals surface area contributed by atoms with Crippen LogP contribution in [-0.2, 0) is 19.6 Å². The number of nitrogens with one attached hydrogen (secondary N) is 2. The van der Waals surface area contributed by atoms with Gasteiger partial charge in [-0.15, -0.1) is 0 Å². The van der Waals surface area contributed by atoms with Gasteiger partial charge in [-0.25, -0.2) is 17.9 Å². The number of carboxylic acid groups (broad SMARTS) is 1. The summed E-state index contributed by atoms with van der Waals surface area (Å²) in [4.78, 5) is 24.3. The van der Waals surface area contributed by atoms with E-state index < -0.39 is 27.4 Å². The monoisotopic (exact) mass is 396 g/mol. The molecule has 0 unspecified atom stereocenters. The smallest absolute Gasteiger partial charge is 0.329 e. The van der Waals surface area contributed by atoms with Gasteiger partial charge in [-0.05, 0) is 31.0 Å². The van der Waals surface area contributed by atoms with Gasteiger partial charge in [0, 0.05) is 37.7 Å². The fraction of sp³-hybridized carbons (Fsp3) is 0.556. The lowest BCUT2D eigenvalue weighted by molar-refractivity contribution is -0.148. The summed E-state index contributed by atoms with van der Waals surface area (Å²) in [7, 11) is -3.73. The van der Waals surface area contributed by atoms with Gasteiger partial charge in [-0.3, -0.25) is 4.79 Å². The molecule has 1 amide bonds. The topological polar surface area (TPSA) is 122 Å². The zero-order chi connectivity index (χ0) is 19.5. The minimum atomic E-state index is -3.73. The van der Waals surface area contributed by atoms with Crippen LogP contribution in [0.3, 0.4) is 0 Å². The van der Waals surface area contributed by atoms with Crippen LogP contribution in [0.1, 0.15) is 48.9 Å². The summed E-state index contributed by atoms with van der Waals surface area (Å²) in [6.45, 7) is 0.485. The molecule has 0 radical (unpaired) electrons. The summed E-state index contributed by atoms with van der Waals surface area (Å²) in [6.07, 6.45) is 3.93. The molecule has 0 bridgehead atoms. The Hall–Kier alpha value is -1.97. The van der Waals surface area contributed by atoms with E-state index in [2.05, 4.69) is 10.0 Å². The molecule has 1 saturated heterocycles. The van der Waals surface area contributed by atoms with Crippen LogP contribution >= 0.6 is 0 Å². The fourth-order valence-corrected chi connectivity index (χ4v) is 4.89. The Labute approximate surface area is 158 Å². The van der Waals surface area contributed by atoms with Crippen molar-refractivity contribution < 1.29 is 27.9 Å². The van der Waals surface area contributed by atoms with Gasteiger partial charge in [0.15, 0.2) is 0 Å². The van der Waals surface area contributed by atoms with Gasteiger partial charge in [-0.1, -0.05) is 18.9 Å². The SMILES string of the molecule is O=C(NC1(C(=O)O)CCOCC1)c1cccc(S(=O)(=O)NC2CCCC2)c1. The van der Waals surface area contributed by atoms with Crippen LogP contribution in [0.25, 0.3) is 0 Å². The number of aliphatic carboxylic acids is 1. The number of carbonyl (C=O) groups excluding carboxylic acids is 1. The molecule has 0 aromatic heterocycles. The van der Waals surface area contributed by atoms with E-state index in [1.54, 1.807) is 0 Å². The lowest BCUT2D eigenvalue weighted by Gasteiger charge is -2.33. The highest BCUT2D eigenvalue weighted by atomic mass is 32.2. The third kappa shape index (κ3) is 4.48. The normalized spacial score (nSPS) is 20.3. The minimum absolute atomic E-state index is 0.00148. The van der Waals surface area contributed by atoms with Crippen molar-refractivity contribution in [3.05, 3.63) is 29.8 Å². The van der Waals surface area contributed by atoms with Crippen LogP contribution in [0.4, 0.5) is 0 Å². The van der Waals surface area contributed by atoms with Gasteiger partial charge in [0.1, 0.15) is 5.54 Å². The Morgan fingerprint density at radius 3 is 2.44 bits per heavy atom. The third-order valence-electron chi connectivity index (χ3n) is 5.19. The largest absolute Gasteiger partial charge is 0.480 e. The van der Waals surface area contributed by atoms with Crippen molar-refractivity contribution in [2.75, 3.05) is 13.2 Å². The molecule has 1 aromatic rings. The van der Waals surface area contributed by atoms with Gasteiger partial charge < -0.3 is 15.2 Å². The molecule has 1 aliphatic carbocycles. The van der Waals surface area contributed by atoms with Crippen molar-refractivity contribution in [2.45, 2.75) is 55.0 Å². The molecular weight excluding hydrogens is 372 g/mol. The Bertz CT molecular complexity index is 811. The molecule has 8 nitrogen and oxygen atoms in total. The number of amides is 1. The van der Waals surface area contributed by atoms with E-state index in [4.69, 9.17) is 4.74 Å². The van der Waals surface area contributed by atoms with Gasteiger partial charge >= 0.3 is 5.97 Å². The lowest BCUT2D eigenvalue weighted by Crippen LogP contribution is -2.57. The molecule has 0 spiro atoms. The maximum Gasteiger partial charge on any atom is 0.329 e. The van der Waals surface area contributed by atoms with E-state index in [-0.39, 0.29) is 42.6 Å². The van der Waals surface area contributed by atoms with Crippen LogP contribution in [0, 0.1) is 0 Å². The molecule has 27 heavy (non-hydrogen) atoms. The van der Waals surface area contributed by atoms with Crippen molar-refractivity contribution in [2.24, 2.45) is 0 Å². The fourth-order valence-electron chi connectivity index (χ4n) is 3.54. The molecule has 1 aliphatic heterocycles. The molecule has 148 valence electrons. The zero-order valence-corrected chi connectivity index (χ0v) is 15.8. The number of carboxylic acids is 1. The van der Waals surface area contributed by atoms with E-state index in [0.717, 1.165) is 25.7 Å². The van der Waals surface area contributed by atoms with Crippen molar-refractivity contribution in [3.63, 3.8) is 0 Å². The molecule has 2 aliphatic rings. The number of benzene rings is 1. The number of hydrogen-bond acceptors (Lipinski definition) is 5. The maximum absolute atomic E-state index is 12.6. The lowest BCUT2D eigenvalue weighted by atomic mass is 9.89. The van der Waals surface area contributed by atoms with Crippen LogP contribution in [-0.4, -0.2) is 50.2 Å². The second kappa shape index (κ2) is 7.95. The van der Waals surface area contributed by atoms with E-state index in [1.807, 2.05) is 0 Å². The first kappa shape index (κ1) is 19.8. The van der Waals surface area contributed by atoms with E-state index in [1.165, 1.54) is 24.3 Å². The molecule has 1 saturated carbocycles. The summed E-state index contributed by atoms with van der Waals surface area (Å²) in [6, 6.07) is 5.58. The summed E-state index contributed by atoms with van der Waals surface area (Å²) in [5.41, 5.74) is -1.29.